The molecule has 0 bridgehead atoms. The molecule has 0 aromatic carbocycles. The van der Waals surface area contributed by atoms with Gasteiger partial charge in [0, 0.05) is 9.75 Å². The summed E-state index contributed by atoms with van der Waals surface area (Å²) in [7, 11) is 0. The first kappa shape index (κ1) is 14.6. The number of aryl methyl sites for hydroxylation is 3. The minimum Gasteiger partial charge on any atom is -0.267 e. The highest BCUT2D eigenvalue weighted by atomic mass is 32.1. The fourth-order valence-corrected chi connectivity index (χ4v) is 4.92. The fraction of sp³-hybridized carbons (Fsp3) is 0.312. The van der Waals surface area contributed by atoms with E-state index in [0.29, 0.717) is 10.3 Å². The number of amides is 1. The molecule has 0 saturated heterocycles. The van der Waals surface area contributed by atoms with Gasteiger partial charge in [-0.15, -0.1) is 22.7 Å². The molecule has 1 aliphatic carbocycles. The van der Waals surface area contributed by atoms with Crippen molar-refractivity contribution < 1.29 is 4.79 Å². The molecule has 0 atom stereocenters. The Balaban J connectivity index is 1.75. The van der Waals surface area contributed by atoms with Gasteiger partial charge in [0.2, 0.25) is 0 Å². The highest BCUT2D eigenvalue weighted by molar-refractivity contribution is 7.18. The van der Waals surface area contributed by atoms with Crippen molar-refractivity contribution in [2.75, 3.05) is 5.43 Å². The van der Waals surface area contributed by atoms with Gasteiger partial charge in [0.1, 0.15) is 11.2 Å². The van der Waals surface area contributed by atoms with E-state index in [0.717, 1.165) is 34.5 Å². The second-order valence-electron chi connectivity index (χ2n) is 5.66. The van der Waals surface area contributed by atoms with E-state index < -0.39 is 0 Å². The van der Waals surface area contributed by atoms with E-state index >= 15 is 0 Å². The smallest absolute Gasteiger partial charge is 0.267 e. The Bertz CT molecular complexity index is 968. The summed E-state index contributed by atoms with van der Waals surface area (Å²) in [5.74, 6) is -0.282. The van der Waals surface area contributed by atoms with Crippen molar-refractivity contribution in [1.29, 1.82) is 0 Å². The van der Waals surface area contributed by atoms with Crippen LogP contribution < -0.4 is 11.0 Å². The SMILES string of the molecule is Cc1ccc(C(=O)Nn2cnc3sc4c(c3c2=O)CCCC4)s1. The van der Waals surface area contributed by atoms with Crippen LogP contribution in [-0.4, -0.2) is 15.6 Å². The van der Waals surface area contributed by atoms with E-state index in [-0.39, 0.29) is 11.5 Å². The number of carbonyl (C=O) groups excluding carboxylic acids is 1. The van der Waals surface area contributed by atoms with Crippen LogP contribution in [0.5, 0.6) is 0 Å². The van der Waals surface area contributed by atoms with Gasteiger partial charge < -0.3 is 0 Å². The summed E-state index contributed by atoms with van der Waals surface area (Å²) >= 11 is 3.01. The van der Waals surface area contributed by atoms with Gasteiger partial charge in [-0.1, -0.05) is 0 Å². The summed E-state index contributed by atoms with van der Waals surface area (Å²) in [6.45, 7) is 1.94. The summed E-state index contributed by atoms with van der Waals surface area (Å²) in [4.78, 5) is 33.1. The maximum Gasteiger partial charge on any atom is 0.281 e. The Kier molecular flexibility index (Phi) is 3.54. The Hall–Kier alpha value is -1.99. The molecule has 0 fully saturated rings. The molecule has 3 aromatic rings. The zero-order valence-electron chi connectivity index (χ0n) is 12.6. The van der Waals surface area contributed by atoms with Crippen molar-refractivity contribution in [2.45, 2.75) is 32.6 Å². The zero-order valence-corrected chi connectivity index (χ0v) is 14.2. The predicted molar refractivity (Wildman–Crippen MR) is 93.3 cm³/mol. The molecular weight excluding hydrogens is 330 g/mol. The largest absolute Gasteiger partial charge is 0.281 e. The second-order valence-corrected chi connectivity index (χ2v) is 8.03. The van der Waals surface area contributed by atoms with E-state index in [2.05, 4.69) is 10.4 Å². The van der Waals surface area contributed by atoms with Crippen LogP contribution in [0.25, 0.3) is 10.2 Å². The molecule has 7 heteroatoms. The molecule has 118 valence electrons. The van der Waals surface area contributed by atoms with E-state index in [1.807, 2.05) is 13.0 Å². The standard InChI is InChI=1S/C16H15N3O2S2/c1-9-6-7-12(22-9)14(20)18-19-8-17-15-13(16(19)21)10-4-2-3-5-11(10)23-15/h6-8H,2-5H2,1H3,(H,18,20). The van der Waals surface area contributed by atoms with E-state index in [1.165, 1.54) is 33.6 Å². The summed E-state index contributed by atoms with van der Waals surface area (Å²) in [6, 6.07) is 3.65. The number of rotatable bonds is 2. The van der Waals surface area contributed by atoms with Gasteiger partial charge in [-0.3, -0.25) is 15.0 Å². The molecule has 3 heterocycles. The van der Waals surface area contributed by atoms with Gasteiger partial charge in [0.05, 0.1) is 10.3 Å². The number of fused-ring (bicyclic) bond motifs is 3. The van der Waals surface area contributed by atoms with Crippen LogP contribution in [-0.2, 0) is 12.8 Å². The average Bonchev–Trinajstić information content (AvgIpc) is 3.13. The van der Waals surface area contributed by atoms with Crippen molar-refractivity contribution >= 4 is 38.8 Å². The third-order valence-electron chi connectivity index (χ3n) is 4.06. The number of hydrogen-bond donors (Lipinski definition) is 1. The quantitative estimate of drug-likeness (QED) is 0.776. The summed E-state index contributed by atoms with van der Waals surface area (Å²) in [5.41, 5.74) is 3.59. The lowest BCUT2D eigenvalue weighted by molar-refractivity contribution is 0.101. The van der Waals surface area contributed by atoms with Gasteiger partial charge in [0.15, 0.2) is 0 Å². The minimum atomic E-state index is -0.282. The summed E-state index contributed by atoms with van der Waals surface area (Å²) < 4.78 is 1.21. The molecule has 0 spiro atoms. The monoisotopic (exact) mass is 345 g/mol. The van der Waals surface area contributed by atoms with Gasteiger partial charge in [-0.2, -0.15) is 0 Å². The normalized spacial score (nSPS) is 14.0. The van der Waals surface area contributed by atoms with E-state index in [4.69, 9.17) is 0 Å². The topological polar surface area (TPSA) is 64.0 Å². The Morgan fingerprint density at radius 3 is 2.87 bits per heavy atom. The molecule has 0 radical (unpaired) electrons. The molecule has 1 N–H and O–H groups in total. The van der Waals surface area contributed by atoms with Crippen molar-refractivity contribution in [2.24, 2.45) is 0 Å². The molecule has 1 amide bonds. The fourth-order valence-electron chi connectivity index (χ4n) is 2.95. The molecule has 0 saturated carbocycles. The molecule has 1 aliphatic rings. The van der Waals surface area contributed by atoms with Crippen molar-refractivity contribution in [3.63, 3.8) is 0 Å². The van der Waals surface area contributed by atoms with Gasteiger partial charge >= 0.3 is 0 Å². The van der Waals surface area contributed by atoms with Gasteiger partial charge in [-0.05, 0) is 50.3 Å². The average molecular weight is 345 g/mol. The van der Waals surface area contributed by atoms with Crippen LogP contribution in [0.1, 0.15) is 37.8 Å². The Labute approximate surface area is 140 Å². The molecule has 23 heavy (non-hydrogen) atoms. The number of carbonyl (C=O) groups is 1. The third kappa shape index (κ3) is 2.49. The zero-order chi connectivity index (χ0) is 16.0. The Morgan fingerprint density at radius 1 is 1.26 bits per heavy atom. The maximum atomic E-state index is 12.8. The lowest BCUT2D eigenvalue weighted by Crippen LogP contribution is -2.33. The third-order valence-corrected chi connectivity index (χ3v) is 6.26. The van der Waals surface area contributed by atoms with Crippen molar-refractivity contribution in [3.05, 3.63) is 49.0 Å². The van der Waals surface area contributed by atoms with Crippen molar-refractivity contribution in [1.82, 2.24) is 9.66 Å². The number of hydrogen-bond acceptors (Lipinski definition) is 5. The highest BCUT2D eigenvalue weighted by Gasteiger charge is 2.20. The first-order chi connectivity index (χ1) is 11.1. The lowest BCUT2D eigenvalue weighted by Gasteiger charge is -2.10. The van der Waals surface area contributed by atoms with Crippen LogP contribution in [0.15, 0.2) is 23.3 Å². The molecular formula is C16H15N3O2S2. The van der Waals surface area contributed by atoms with E-state index in [1.54, 1.807) is 17.4 Å². The number of nitrogens with one attached hydrogen (secondary N) is 1. The second kappa shape index (κ2) is 5.58. The molecule has 3 aromatic heterocycles. The Morgan fingerprint density at radius 2 is 2.09 bits per heavy atom. The van der Waals surface area contributed by atoms with Gasteiger partial charge in [-0.25, -0.2) is 9.66 Å². The first-order valence-electron chi connectivity index (χ1n) is 7.53. The minimum absolute atomic E-state index is 0.184. The maximum absolute atomic E-state index is 12.8. The molecule has 5 nitrogen and oxygen atoms in total. The van der Waals surface area contributed by atoms with Crippen LogP contribution in [0, 0.1) is 6.92 Å². The van der Waals surface area contributed by atoms with E-state index in [9.17, 15) is 9.59 Å². The lowest BCUT2D eigenvalue weighted by atomic mass is 9.97. The predicted octanol–water partition coefficient (Wildman–Crippen LogP) is 3.09. The summed E-state index contributed by atoms with van der Waals surface area (Å²) in [5, 5.41) is 0.676. The van der Waals surface area contributed by atoms with Crippen LogP contribution in [0.4, 0.5) is 0 Å². The summed E-state index contributed by atoms with van der Waals surface area (Å²) in [6.07, 6.45) is 5.63. The van der Waals surface area contributed by atoms with Gasteiger partial charge in [0.25, 0.3) is 11.5 Å². The van der Waals surface area contributed by atoms with Crippen LogP contribution >= 0.6 is 22.7 Å². The number of thiophene rings is 2. The van der Waals surface area contributed by atoms with Crippen LogP contribution in [0.3, 0.4) is 0 Å². The molecule has 0 aliphatic heterocycles. The molecule has 0 unspecified atom stereocenters. The van der Waals surface area contributed by atoms with Crippen LogP contribution in [0.2, 0.25) is 0 Å². The molecule has 4 rings (SSSR count). The number of aromatic nitrogens is 2. The number of nitrogens with zero attached hydrogens (tertiary/aromatic N) is 2. The highest BCUT2D eigenvalue weighted by Crippen LogP contribution is 2.33. The van der Waals surface area contributed by atoms with Crippen molar-refractivity contribution in [3.8, 4) is 0 Å². The first-order valence-corrected chi connectivity index (χ1v) is 9.16.